The Bertz CT molecular complexity index is 1620. The first kappa shape index (κ1) is 54.3. The van der Waals surface area contributed by atoms with Gasteiger partial charge in [-0.25, -0.2) is 4.79 Å². The van der Waals surface area contributed by atoms with Crippen molar-refractivity contribution < 1.29 is 67.9 Å². The summed E-state index contributed by atoms with van der Waals surface area (Å²) in [7, 11) is 7.12. The molecule has 16 nitrogen and oxygen atoms in total. The largest absolute Gasteiger partial charge is 0.459 e. The van der Waals surface area contributed by atoms with Crippen molar-refractivity contribution in [2.24, 2.45) is 17.8 Å². The van der Waals surface area contributed by atoms with Crippen LogP contribution in [0.15, 0.2) is 30.3 Å². The second kappa shape index (κ2) is 22.7. The van der Waals surface area contributed by atoms with Crippen LogP contribution >= 0.6 is 0 Å². The zero-order valence-corrected chi connectivity index (χ0v) is 41.1. The van der Waals surface area contributed by atoms with E-state index in [0.717, 1.165) is 5.56 Å². The van der Waals surface area contributed by atoms with Gasteiger partial charge in [0.05, 0.1) is 54.2 Å². The number of nitrogens with zero attached hydrogens (tertiary/aromatic N) is 2. The van der Waals surface area contributed by atoms with Crippen molar-refractivity contribution >= 4 is 11.9 Å². The minimum Gasteiger partial charge on any atom is -0.459 e. The smallest absolute Gasteiger partial charge is 0.335 e. The van der Waals surface area contributed by atoms with Crippen LogP contribution in [0.5, 0.6) is 0 Å². The number of carbonyl (C=O) groups excluding carboxylic acids is 2. The van der Waals surface area contributed by atoms with E-state index in [-0.39, 0.29) is 43.9 Å². The molecule has 3 heterocycles. The van der Waals surface area contributed by atoms with Crippen molar-refractivity contribution in [3.8, 4) is 0 Å². The van der Waals surface area contributed by atoms with E-state index in [1.807, 2.05) is 82.0 Å². The number of hydrogen-bond acceptors (Lipinski definition) is 16. The maximum Gasteiger partial charge on any atom is 0.335 e. The first-order valence-corrected chi connectivity index (χ1v) is 23.2. The van der Waals surface area contributed by atoms with Crippen LogP contribution in [0.2, 0.25) is 0 Å². The van der Waals surface area contributed by atoms with Crippen molar-refractivity contribution in [2.75, 3.05) is 34.8 Å². The number of methoxy groups -OCH3 is 1. The van der Waals surface area contributed by atoms with E-state index in [1.54, 1.807) is 48.5 Å². The lowest BCUT2D eigenvalue weighted by atomic mass is 9.77. The number of aliphatic hydroxyl groups excluding tert-OH is 2. The van der Waals surface area contributed by atoms with Crippen LogP contribution in [-0.4, -0.2) is 173 Å². The van der Waals surface area contributed by atoms with Gasteiger partial charge in [-0.1, -0.05) is 51.1 Å². The second-order valence-electron chi connectivity index (χ2n) is 20.0. The molecule has 0 saturated carbocycles. The lowest BCUT2D eigenvalue weighted by molar-refractivity contribution is -0.319. The highest BCUT2D eigenvalue weighted by Crippen LogP contribution is 2.40. The topological polar surface area (TPSA) is 195 Å². The number of carbonyl (C=O) groups is 2. The summed E-state index contributed by atoms with van der Waals surface area (Å²) in [6, 6.07) is 8.58. The summed E-state index contributed by atoms with van der Waals surface area (Å²) in [6.07, 6.45) is -9.84. The molecule has 0 bridgehead atoms. The molecule has 3 saturated heterocycles. The highest BCUT2D eigenvalue weighted by Gasteiger charge is 2.53. The molecule has 368 valence electrons. The third-order valence-electron chi connectivity index (χ3n) is 14.1. The van der Waals surface area contributed by atoms with Gasteiger partial charge in [-0.2, -0.15) is 0 Å². The third kappa shape index (κ3) is 13.0. The molecule has 0 radical (unpaired) electrons. The van der Waals surface area contributed by atoms with Crippen molar-refractivity contribution in [2.45, 2.75) is 205 Å². The Kier molecular flexibility index (Phi) is 19.2. The molecule has 0 aliphatic carbocycles. The summed E-state index contributed by atoms with van der Waals surface area (Å²) in [5.41, 5.74) is -3.66. The average molecular weight is 911 g/mol. The molecular weight excluding hydrogens is 829 g/mol. The van der Waals surface area contributed by atoms with Crippen molar-refractivity contribution in [3.63, 3.8) is 0 Å². The van der Waals surface area contributed by atoms with E-state index < -0.39 is 108 Å². The van der Waals surface area contributed by atoms with Gasteiger partial charge in [-0.05, 0) is 107 Å². The summed E-state index contributed by atoms with van der Waals surface area (Å²) in [4.78, 5) is 32.2. The summed E-state index contributed by atoms with van der Waals surface area (Å²) < 4.78 is 50.8. The SMILES string of the molecule is CC[C@H]1OC(=O)[C@H](C)[C@@H](O[C@H]2C[C@@](C)(OC)[C@@H](O)[C@H](C)O2)[C@H](C)[C@@H](O[C@@H]2O[C@H](C)C[C@H](N(C)C)[C@H]2OC(=O)[C@@H](C)OCc2ccccc2)[C@](C)(O)C[C@@H](C)CN(C)[C@H](C)[C@@H](O)[C@]1(C)O. The predicted octanol–water partition coefficient (Wildman–Crippen LogP) is 4.06. The monoisotopic (exact) mass is 911 g/mol. The fourth-order valence-corrected chi connectivity index (χ4v) is 9.94. The molecule has 0 spiro atoms. The number of hydrogen-bond donors (Lipinski definition) is 4. The van der Waals surface area contributed by atoms with E-state index in [4.69, 9.17) is 37.9 Å². The van der Waals surface area contributed by atoms with Gasteiger partial charge in [0.25, 0.3) is 0 Å². The Morgan fingerprint density at radius 3 is 2.19 bits per heavy atom. The lowest BCUT2D eigenvalue weighted by Crippen LogP contribution is -2.61. The van der Waals surface area contributed by atoms with Crippen molar-refractivity contribution in [1.29, 1.82) is 0 Å². The minimum absolute atomic E-state index is 0.0952. The molecule has 4 rings (SSSR count). The Morgan fingerprint density at radius 1 is 0.953 bits per heavy atom. The zero-order chi connectivity index (χ0) is 48.1. The third-order valence-corrected chi connectivity index (χ3v) is 14.1. The van der Waals surface area contributed by atoms with E-state index in [1.165, 1.54) is 14.0 Å². The van der Waals surface area contributed by atoms with Gasteiger partial charge in [0.15, 0.2) is 24.8 Å². The standard InChI is InChI=1S/C48H82N2O14/c1-16-36-48(11,56)40(51)31(6)50(14)25-27(2)23-46(9,55)42(29(4)38(30(5)43(53)61-36)62-37-24-47(10,57-15)41(52)32(7)60-37)64-45-39(35(49(12)13)22-28(3)59-45)63-44(54)33(8)58-26-34-20-18-17-19-21-34/h17-21,27-33,35-42,45,51-52,55-56H,16,22-26H2,1-15H3/t27-,28-,29+,30-,31-,32+,33-,35+,36-,37+,38+,39-,40-,41+,42-,45+,46-,47-,48-/m1/s1. The Morgan fingerprint density at radius 2 is 1.59 bits per heavy atom. The molecule has 3 aliphatic rings. The number of benzene rings is 1. The number of likely N-dealkylation sites (N-methyl/N-ethyl adjacent to an activating group) is 2. The maximum atomic E-state index is 14.5. The van der Waals surface area contributed by atoms with Gasteiger partial charge >= 0.3 is 11.9 Å². The van der Waals surface area contributed by atoms with Crippen LogP contribution in [-0.2, 0) is 54.1 Å². The second-order valence-corrected chi connectivity index (χ2v) is 20.0. The number of esters is 2. The summed E-state index contributed by atoms with van der Waals surface area (Å²) in [5, 5.41) is 47.5. The Balaban J connectivity index is 1.82. The van der Waals surface area contributed by atoms with Crippen molar-refractivity contribution in [1.82, 2.24) is 9.80 Å². The summed E-state index contributed by atoms with van der Waals surface area (Å²) in [6.45, 7) is 19.8. The van der Waals surface area contributed by atoms with Gasteiger partial charge in [0, 0.05) is 32.0 Å². The normalized spacial score (nSPS) is 42.9. The highest BCUT2D eigenvalue weighted by atomic mass is 16.7. The van der Waals surface area contributed by atoms with Crippen LogP contribution in [0.25, 0.3) is 0 Å². The lowest BCUT2D eigenvalue weighted by Gasteiger charge is -2.49. The van der Waals surface area contributed by atoms with E-state index >= 15 is 0 Å². The molecule has 1 aromatic rings. The number of cyclic esters (lactones) is 1. The van der Waals surface area contributed by atoms with E-state index in [0.29, 0.717) is 13.0 Å². The summed E-state index contributed by atoms with van der Waals surface area (Å²) >= 11 is 0. The van der Waals surface area contributed by atoms with Crippen LogP contribution in [0.3, 0.4) is 0 Å². The van der Waals surface area contributed by atoms with Crippen LogP contribution < -0.4 is 0 Å². The molecule has 1 aromatic carbocycles. The molecule has 0 aromatic heterocycles. The van der Waals surface area contributed by atoms with Crippen molar-refractivity contribution in [3.05, 3.63) is 35.9 Å². The first-order chi connectivity index (χ1) is 29.8. The van der Waals surface area contributed by atoms with Gasteiger partial charge in [-0.3, -0.25) is 4.79 Å². The molecule has 0 unspecified atom stereocenters. The number of aliphatic hydroxyl groups is 4. The zero-order valence-electron chi connectivity index (χ0n) is 41.1. The molecule has 4 N–H and O–H groups in total. The molecule has 64 heavy (non-hydrogen) atoms. The summed E-state index contributed by atoms with van der Waals surface area (Å²) in [5.74, 6) is -3.44. The molecular formula is C48H82N2O14. The quantitative estimate of drug-likeness (QED) is 0.219. The fourth-order valence-electron chi connectivity index (χ4n) is 9.94. The van der Waals surface area contributed by atoms with E-state index in [2.05, 4.69) is 0 Å². The Hall–Kier alpha value is -2.32. The number of rotatable bonds is 12. The molecule has 19 atom stereocenters. The molecule has 16 heteroatoms. The molecule has 3 aliphatic heterocycles. The fraction of sp³-hybridized carbons (Fsp3) is 0.833. The van der Waals surface area contributed by atoms with Crippen LogP contribution in [0.1, 0.15) is 107 Å². The van der Waals surface area contributed by atoms with Gasteiger partial charge in [0.2, 0.25) is 0 Å². The minimum atomic E-state index is -1.84. The van der Waals surface area contributed by atoms with Gasteiger partial charge < -0.3 is 68.1 Å². The van der Waals surface area contributed by atoms with Crippen LogP contribution in [0, 0.1) is 17.8 Å². The molecule has 3 fully saturated rings. The molecule has 0 amide bonds. The highest BCUT2D eigenvalue weighted by molar-refractivity contribution is 5.74. The first-order valence-electron chi connectivity index (χ1n) is 23.2. The van der Waals surface area contributed by atoms with Gasteiger partial charge in [0.1, 0.15) is 23.9 Å². The average Bonchev–Trinajstić information content (AvgIpc) is 3.23. The number of ether oxygens (including phenoxy) is 8. The van der Waals surface area contributed by atoms with Crippen LogP contribution in [0.4, 0.5) is 0 Å². The Labute approximate surface area is 382 Å². The van der Waals surface area contributed by atoms with E-state index in [9.17, 15) is 30.0 Å². The van der Waals surface area contributed by atoms with Gasteiger partial charge in [-0.15, -0.1) is 0 Å². The predicted molar refractivity (Wildman–Crippen MR) is 239 cm³/mol. The maximum absolute atomic E-state index is 14.5.